The quantitative estimate of drug-likeness (QED) is 0.714. The molecule has 0 bridgehead atoms. The third-order valence-corrected chi connectivity index (χ3v) is 4.64. The first-order valence-corrected chi connectivity index (χ1v) is 8.40. The lowest BCUT2D eigenvalue weighted by Gasteiger charge is -2.11. The number of benzene rings is 2. The molecule has 1 N–H and O–H groups in total. The zero-order chi connectivity index (χ0) is 16.1. The number of fused-ring (bicyclic) bond motifs is 1. The summed E-state index contributed by atoms with van der Waals surface area (Å²) in [6.45, 7) is 2.72. The van der Waals surface area contributed by atoms with Gasteiger partial charge >= 0.3 is 0 Å². The Morgan fingerprint density at radius 2 is 1.91 bits per heavy atom. The van der Waals surface area contributed by atoms with Crippen molar-refractivity contribution in [3.05, 3.63) is 71.2 Å². The maximum Gasteiger partial charge on any atom is 0.244 e. The van der Waals surface area contributed by atoms with Crippen LogP contribution in [0, 0.1) is 0 Å². The highest BCUT2D eigenvalue weighted by molar-refractivity contribution is 7.19. The van der Waals surface area contributed by atoms with E-state index in [-0.39, 0.29) is 11.8 Å². The van der Waals surface area contributed by atoms with Gasteiger partial charge in [-0.2, -0.15) is 0 Å². The van der Waals surface area contributed by atoms with Crippen molar-refractivity contribution in [2.24, 2.45) is 0 Å². The standard InChI is InChI=1S/C19H18N2OS/c1-14(15-7-3-2-4-8-15)13-20-18(22)11-12-19-21-16-9-5-6-10-17(16)23-19/h2-12,14H,13H2,1H3,(H,20,22). The minimum absolute atomic E-state index is 0.0907. The molecule has 1 atom stereocenters. The Morgan fingerprint density at radius 1 is 1.17 bits per heavy atom. The molecule has 116 valence electrons. The van der Waals surface area contributed by atoms with Gasteiger partial charge in [0.25, 0.3) is 0 Å². The molecule has 0 radical (unpaired) electrons. The Bertz CT molecular complexity index is 791. The molecule has 3 nitrogen and oxygen atoms in total. The van der Waals surface area contributed by atoms with Crippen molar-refractivity contribution < 1.29 is 4.79 Å². The summed E-state index contributed by atoms with van der Waals surface area (Å²) in [7, 11) is 0. The Kier molecular flexibility index (Phi) is 4.83. The third-order valence-electron chi connectivity index (χ3n) is 3.64. The smallest absolute Gasteiger partial charge is 0.244 e. The largest absolute Gasteiger partial charge is 0.352 e. The number of rotatable bonds is 5. The van der Waals surface area contributed by atoms with Gasteiger partial charge in [-0.15, -0.1) is 11.3 Å². The van der Waals surface area contributed by atoms with Crippen molar-refractivity contribution >= 4 is 33.5 Å². The van der Waals surface area contributed by atoms with Crippen LogP contribution in [-0.2, 0) is 4.79 Å². The number of nitrogens with one attached hydrogen (secondary N) is 1. The maximum atomic E-state index is 11.9. The first-order valence-electron chi connectivity index (χ1n) is 7.59. The maximum absolute atomic E-state index is 11.9. The number of aromatic nitrogens is 1. The predicted molar refractivity (Wildman–Crippen MR) is 96.5 cm³/mol. The molecule has 0 saturated carbocycles. The first-order chi connectivity index (χ1) is 11.2. The lowest BCUT2D eigenvalue weighted by molar-refractivity contribution is -0.116. The van der Waals surface area contributed by atoms with Crippen LogP contribution < -0.4 is 5.32 Å². The van der Waals surface area contributed by atoms with E-state index in [1.807, 2.05) is 42.5 Å². The van der Waals surface area contributed by atoms with Gasteiger partial charge in [-0.25, -0.2) is 4.98 Å². The van der Waals surface area contributed by atoms with Crippen molar-refractivity contribution in [3.8, 4) is 0 Å². The fourth-order valence-corrected chi connectivity index (χ4v) is 3.19. The molecule has 0 spiro atoms. The van der Waals surface area contributed by atoms with Gasteiger partial charge in [0.2, 0.25) is 5.91 Å². The zero-order valence-corrected chi connectivity index (χ0v) is 13.7. The summed E-state index contributed by atoms with van der Waals surface area (Å²) in [4.78, 5) is 16.4. The molecule has 0 aliphatic rings. The van der Waals surface area contributed by atoms with Crippen molar-refractivity contribution in [1.82, 2.24) is 10.3 Å². The second-order valence-corrected chi connectivity index (χ2v) is 6.47. The number of para-hydroxylation sites is 1. The highest BCUT2D eigenvalue weighted by atomic mass is 32.1. The number of thiazole rings is 1. The molecular formula is C19H18N2OS. The van der Waals surface area contributed by atoms with E-state index in [1.165, 1.54) is 5.56 Å². The summed E-state index contributed by atoms with van der Waals surface area (Å²) in [6, 6.07) is 18.1. The number of nitrogens with zero attached hydrogens (tertiary/aromatic N) is 1. The predicted octanol–water partition coefficient (Wildman–Crippen LogP) is 4.23. The van der Waals surface area contributed by atoms with Gasteiger partial charge in [0.1, 0.15) is 5.01 Å². The Hall–Kier alpha value is -2.46. The number of carbonyl (C=O) groups is 1. The summed E-state index contributed by atoms with van der Waals surface area (Å²) < 4.78 is 1.13. The summed E-state index contributed by atoms with van der Waals surface area (Å²) >= 11 is 1.58. The first kappa shape index (κ1) is 15.4. The summed E-state index contributed by atoms with van der Waals surface area (Å²) in [5.74, 6) is 0.197. The van der Waals surface area contributed by atoms with Crippen molar-refractivity contribution in [1.29, 1.82) is 0 Å². The zero-order valence-electron chi connectivity index (χ0n) is 12.9. The molecule has 3 aromatic rings. The lowest BCUT2D eigenvalue weighted by atomic mass is 10.0. The van der Waals surface area contributed by atoms with Crippen LogP contribution in [0.5, 0.6) is 0 Å². The molecule has 2 aromatic carbocycles. The highest BCUT2D eigenvalue weighted by Gasteiger charge is 2.06. The van der Waals surface area contributed by atoms with Crippen LogP contribution >= 0.6 is 11.3 Å². The molecule has 3 rings (SSSR count). The van der Waals surface area contributed by atoms with Crippen LogP contribution in [0.25, 0.3) is 16.3 Å². The second-order valence-electron chi connectivity index (χ2n) is 5.41. The van der Waals surface area contributed by atoms with Gasteiger partial charge in [-0.05, 0) is 29.7 Å². The van der Waals surface area contributed by atoms with Crippen molar-refractivity contribution in [2.45, 2.75) is 12.8 Å². The Labute approximate surface area is 139 Å². The van der Waals surface area contributed by atoms with Crippen LogP contribution in [0.15, 0.2) is 60.7 Å². The van der Waals surface area contributed by atoms with Gasteiger partial charge in [0, 0.05) is 12.6 Å². The number of hydrogen-bond acceptors (Lipinski definition) is 3. The van der Waals surface area contributed by atoms with E-state index in [1.54, 1.807) is 23.5 Å². The fourth-order valence-electron chi connectivity index (χ4n) is 2.32. The van der Waals surface area contributed by atoms with Crippen LogP contribution in [0.3, 0.4) is 0 Å². The van der Waals surface area contributed by atoms with Crippen LogP contribution in [0.2, 0.25) is 0 Å². The van der Waals surface area contributed by atoms with E-state index in [4.69, 9.17) is 0 Å². The normalized spacial score (nSPS) is 12.6. The van der Waals surface area contributed by atoms with Gasteiger partial charge in [-0.3, -0.25) is 4.79 Å². The second kappa shape index (κ2) is 7.20. The van der Waals surface area contributed by atoms with Gasteiger partial charge in [0.15, 0.2) is 0 Å². The molecule has 1 aromatic heterocycles. The van der Waals surface area contributed by atoms with Crippen molar-refractivity contribution in [3.63, 3.8) is 0 Å². The van der Waals surface area contributed by atoms with E-state index in [0.29, 0.717) is 6.54 Å². The molecule has 0 aliphatic carbocycles. The van der Waals surface area contributed by atoms with Crippen LogP contribution in [0.1, 0.15) is 23.4 Å². The van der Waals surface area contributed by atoms with E-state index in [0.717, 1.165) is 15.2 Å². The van der Waals surface area contributed by atoms with E-state index in [2.05, 4.69) is 29.4 Å². The van der Waals surface area contributed by atoms with Gasteiger partial charge in [-0.1, -0.05) is 49.4 Å². The SMILES string of the molecule is CC(CNC(=O)C=Cc1nc2ccccc2s1)c1ccccc1. The minimum atomic E-state index is -0.0907. The molecule has 23 heavy (non-hydrogen) atoms. The lowest BCUT2D eigenvalue weighted by Crippen LogP contribution is -2.25. The fraction of sp³-hybridized carbons (Fsp3) is 0.158. The van der Waals surface area contributed by atoms with Crippen LogP contribution in [-0.4, -0.2) is 17.4 Å². The average molecular weight is 322 g/mol. The molecule has 1 amide bonds. The summed E-state index contributed by atoms with van der Waals surface area (Å²) in [5, 5.41) is 3.78. The highest BCUT2D eigenvalue weighted by Crippen LogP contribution is 2.22. The number of carbonyl (C=O) groups excluding carboxylic acids is 1. The van der Waals surface area contributed by atoms with Crippen LogP contribution in [0.4, 0.5) is 0 Å². The monoisotopic (exact) mass is 322 g/mol. The summed E-state index contributed by atoms with van der Waals surface area (Å²) in [5.41, 5.74) is 2.19. The van der Waals surface area contributed by atoms with E-state index in [9.17, 15) is 4.79 Å². The molecule has 4 heteroatoms. The van der Waals surface area contributed by atoms with Gasteiger partial charge < -0.3 is 5.32 Å². The van der Waals surface area contributed by atoms with E-state index >= 15 is 0 Å². The molecule has 0 saturated heterocycles. The molecular weight excluding hydrogens is 304 g/mol. The molecule has 1 unspecified atom stereocenters. The third kappa shape index (κ3) is 4.05. The average Bonchev–Trinajstić information content (AvgIpc) is 3.01. The number of amides is 1. The Balaban J connectivity index is 1.56. The topological polar surface area (TPSA) is 42.0 Å². The minimum Gasteiger partial charge on any atom is -0.352 e. The number of hydrogen-bond donors (Lipinski definition) is 1. The summed E-state index contributed by atoms with van der Waals surface area (Å²) in [6.07, 6.45) is 3.32. The molecule has 0 fully saturated rings. The van der Waals surface area contributed by atoms with Crippen molar-refractivity contribution in [2.75, 3.05) is 6.54 Å². The molecule has 1 heterocycles. The molecule has 0 aliphatic heterocycles. The van der Waals surface area contributed by atoms with E-state index < -0.39 is 0 Å². The van der Waals surface area contributed by atoms with Gasteiger partial charge in [0.05, 0.1) is 10.2 Å². The Morgan fingerprint density at radius 3 is 2.70 bits per heavy atom.